The molecule has 0 saturated carbocycles. The third-order valence-corrected chi connectivity index (χ3v) is 3.12. The number of aromatic nitrogens is 2. The second-order valence-electron chi connectivity index (χ2n) is 4.39. The van der Waals surface area contributed by atoms with Crippen molar-refractivity contribution in [1.82, 2.24) is 15.5 Å². The fourth-order valence-corrected chi connectivity index (χ4v) is 2.13. The van der Waals surface area contributed by atoms with Crippen molar-refractivity contribution in [2.24, 2.45) is 0 Å². The molecule has 0 spiro atoms. The van der Waals surface area contributed by atoms with Gasteiger partial charge >= 0.3 is 0 Å². The number of nitrogens with one attached hydrogen (secondary N) is 1. The summed E-state index contributed by atoms with van der Waals surface area (Å²) in [5.74, 6) is 1.87. The van der Waals surface area contributed by atoms with Crippen LogP contribution in [-0.2, 0) is 0 Å². The van der Waals surface area contributed by atoms with Crippen molar-refractivity contribution in [2.45, 2.75) is 32.2 Å². The number of furan rings is 1. The van der Waals surface area contributed by atoms with Gasteiger partial charge in [0.2, 0.25) is 0 Å². The van der Waals surface area contributed by atoms with Crippen molar-refractivity contribution in [3.05, 3.63) is 23.7 Å². The van der Waals surface area contributed by atoms with Gasteiger partial charge in [-0.1, -0.05) is 11.6 Å². The van der Waals surface area contributed by atoms with Crippen molar-refractivity contribution >= 4 is 0 Å². The fraction of sp³-hybridized carbons (Fsp3) is 0.500. The first-order valence-corrected chi connectivity index (χ1v) is 5.96. The Kier molecular flexibility index (Phi) is 2.68. The quantitative estimate of drug-likeness (QED) is 0.863. The summed E-state index contributed by atoms with van der Waals surface area (Å²) in [6.07, 6.45) is 5.13. The van der Waals surface area contributed by atoms with E-state index in [0.717, 1.165) is 24.4 Å². The molecule has 0 radical (unpaired) electrons. The normalized spacial score (nSPS) is 20.6. The molecule has 0 aromatic carbocycles. The van der Waals surface area contributed by atoms with Gasteiger partial charge in [0.05, 0.1) is 12.3 Å². The van der Waals surface area contributed by atoms with Crippen LogP contribution in [0.4, 0.5) is 0 Å². The van der Waals surface area contributed by atoms with E-state index in [2.05, 4.69) is 15.5 Å². The van der Waals surface area contributed by atoms with Crippen molar-refractivity contribution in [2.75, 3.05) is 6.54 Å². The number of aryl methyl sites for hydroxylation is 1. The molecule has 2 aromatic heterocycles. The Bertz CT molecular complexity index is 497. The Hall–Kier alpha value is -1.62. The number of hydrogen-bond donors (Lipinski definition) is 1. The lowest BCUT2D eigenvalue weighted by Gasteiger charge is -2.19. The molecule has 1 fully saturated rings. The summed E-state index contributed by atoms with van der Waals surface area (Å²) < 4.78 is 10.6. The molecule has 1 saturated heterocycles. The predicted octanol–water partition coefficient (Wildman–Crippen LogP) is 2.45. The summed E-state index contributed by atoms with van der Waals surface area (Å²) in [4.78, 5) is 4.40. The van der Waals surface area contributed by atoms with Crippen LogP contribution < -0.4 is 5.32 Å². The summed E-state index contributed by atoms with van der Waals surface area (Å²) >= 11 is 0. The highest BCUT2D eigenvalue weighted by Crippen LogP contribution is 2.26. The maximum absolute atomic E-state index is 5.33. The second kappa shape index (κ2) is 4.33. The third kappa shape index (κ3) is 1.98. The van der Waals surface area contributed by atoms with E-state index in [1.165, 1.54) is 12.8 Å². The van der Waals surface area contributed by atoms with E-state index in [0.29, 0.717) is 11.7 Å². The molecule has 0 aliphatic carbocycles. The van der Waals surface area contributed by atoms with E-state index in [-0.39, 0.29) is 6.04 Å². The fourth-order valence-electron chi connectivity index (χ4n) is 2.13. The third-order valence-electron chi connectivity index (χ3n) is 3.12. The molecule has 17 heavy (non-hydrogen) atoms. The van der Waals surface area contributed by atoms with Gasteiger partial charge in [-0.05, 0) is 32.4 Å². The maximum Gasteiger partial charge on any atom is 0.293 e. The highest BCUT2D eigenvalue weighted by Gasteiger charge is 2.22. The Labute approximate surface area is 99.2 Å². The zero-order valence-corrected chi connectivity index (χ0v) is 9.77. The smallest absolute Gasteiger partial charge is 0.293 e. The monoisotopic (exact) mass is 233 g/mol. The predicted molar refractivity (Wildman–Crippen MR) is 61.3 cm³/mol. The van der Waals surface area contributed by atoms with Crippen molar-refractivity contribution < 1.29 is 8.94 Å². The second-order valence-corrected chi connectivity index (χ2v) is 4.39. The molecule has 2 aromatic rings. The van der Waals surface area contributed by atoms with Crippen LogP contribution in [0.5, 0.6) is 0 Å². The molecule has 90 valence electrons. The van der Waals surface area contributed by atoms with Gasteiger partial charge in [0.25, 0.3) is 5.89 Å². The van der Waals surface area contributed by atoms with Crippen molar-refractivity contribution in [1.29, 1.82) is 0 Å². The Morgan fingerprint density at radius 3 is 3.06 bits per heavy atom. The van der Waals surface area contributed by atoms with Gasteiger partial charge in [-0.25, -0.2) is 0 Å². The topological polar surface area (TPSA) is 64.1 Å². The summed E-state index contributed by atoms with van der Waals surface area (Å²) in [5, 5.41) is 7.42. The molecular formula is C12H15N3O2. The van der Waals surface area contributed by atoms with Crippen LogP contribution in [0.1, 0.15) is 36.7 Å². The maximum atomic E-state index is 5.33. The summed E-state index contributed by atoms with van der Waals surface area (Å²) in [6, 6.07) is 2.11. The molecule has 5 nitrogen and oxygen atoms in total. The first-order valence-electron chi connectivity index (χ1n) is 5.96. The summed E-state index contributed by atoms with van der Waals surface area (Å²) in [5.41, 5.74) is 1.01. The average molecular weight is 233 g/mol. The van der Waals surface area contributed by atoms with E-state index in [1.807, 2.05) is 13.0 Å². The largest absolute Gasteiger partial charge is 0.459 e. The molecule has 1 unspecified atom stereocenters. The van der Waals surface area contributed by atoms with Gasteiger partial charge in [-0.3, -0.25) is 0 Å². The summed E-state index contributed by atoms with van der Waals surface area (Å²) in [6.45, 7) is 2.98. The van der Waals surface area contributed by atoms with Crippen LogP contribution in [0.3, 0.4) is 0 Å². The van der Waals surface area contributed by atoms with Gasteiger partial charge in [-0.2, -0.15) is 4.98 Å². The SMILES string of the molecule is Cc1ccoc1-c1nc(C2CCCCN2)no1. The molecule has 3 heterocycles. The van der Waals surface area contributed by atoms with Crippen LogP contribution in [0.2, 0.25) is 0 Å². The van der Waals surface area contributed by atoms with Gasteiger partial charge in [-0.15, -0.1) is 0 Å². The minimum Gasteiger partial charge on any atom is -0.459 e. The summed E-state index contributed by atoms with van der Waals surface area (Å²) in [7, 11) is 0. The van der Waals surface area contributed by atoms with Gasteiger partial charge in [0.15, 0.2) is 11.6 Å². The number of hydrogen-bond acceptors (Lipinski definition) is 5. The molecular weight excluding hydrogens is 218 g/mol. The minimum absolute atomic E-state index is 0.219. The Morgan fingerprint density at radius 1 is 1.41 bits per heavy atom. The van der Waals surface area contributed by atoms with Crippen LogP contribution in [0.25, 0.3) is 11.7 Å². The molecule has 5 heteroatoms. The number of piperidine rings is 1. The molecule has 1 N–H and O–H groups in total. The van der Waals surface area contributed by atoms with E-state index in [1.54, 1.807) is 6.26 Å². The van der Waals surface area contributed by atoms with Gasteiger partial charge < -0.3 is 14.3 Å². The highest BCUT2D eigenvalue weighted by atomic mass is 16.5. The Morgan fingerprint density at radius 2 is 2.35 bits per heavy atom. The van der Waals surface area contributed by atoms with Crippen molar-refractivity contribution in [3.8, 4) is 11.7 Å². The van der Waals surface area contributed by atoms with E-state index in [9.17, 15) is 0 Å². The van der Waals surface area contributed by atoms with Crippen LogP contribution in [-0.4, -0.2) is 16.7 Å². The standard InChI is InChI=1S/C12H15N3O2/c1-8-5-7-16-10(8)12-14-11(15-17-12)9-4-2-3-6-13-9/h5,7,9,13H,2-4,6H2,1H3. The number of rotatable bonds is 2. The van der Waals surface area contributed by atoms with Gasteiger partial charge in [0, 0.05) is 5.56 Å². The minimum atomic E-state index is 0.219. The first-order chi connectivity index (χ1) is 8.34. The van der Waals surface area contributed by atoms with Crippen LogP contribution >= 0.6 is 0 Å². The van der Waals surface area contributed by atoms with Crippen LogP contribution in [0, 0.1) is 6.92 Å². The average Bonchev–Trinajstić information content (AvgIpc) is 2.98. The number of nitrogens with zero attached hydrogens (tertiary/aromatic N) is 2. The molecule has 1 aliphatic rings. The zero-order chi connectivity index (χ0) is 11.7. The molecule has 1 atom stereocenters. The lowest BCUT2D eigenvalue weighted by Crippen LogP contribution is -2.27. The van der Waals surface area contributed by atoms with E-state index in [4.69, 9.17) is 8.94 Å². The highest BCUT2D eigenvalue weighted by molar-refractivity contribution is 5.49. The van der Waals surface area contributed by atoms with E-state index >= 15 is 0 Å². The lowest BCUT2D eigenvalue weighted by molar-refractivity contribution is 0.364. The first kappa shape index (κ1) is 10.5. The molecule has 0 bridgehead atoms. The van der Waals surface area contributed by atoms with Gasteiger partial charge in [0.1, 0.15) is 0 Å². The van der Waals surface area contributed by atoms with Crippen molar-refractivity contribution in [3.63, 3.8) is 0 Å². The lowest BCUT2D eigenvalue weighted by atomic mass is 10.0. The molecule has 1 aliphatic heterocycles. The van der Waals surface area contributed by atoms with Crippen LogP contribution in [0.15, 0.2) is 21.3 Å². The molecule has 0 amide bonds. The Balaban J connectivity index is 1.85. The molecule has 3 rings (SSSR count). The zero-order valence-electron chi connectivity index (χ0n) is 9.77. The van der Waals surface area contributed by atoms with E-state index < -0.39 is 0 Å².